The summed E-state index contributed by atoms with van der Waals surface area (Å²) in [4.78, 5) is 39.7. The Morgan fingerprint density at radius 2 is 2.00 bits per heavy atom. The second kappa shape index (κ2) is 11.8. The Kier molecular flexibility index (Phi) is 8.93. The van der Waals surface area contributed by atoms with Crippen LogP contribution in [-0.4, -0.2) is 66.7 Å². The summed E-state index contributed by atoms with van der Waals surface area (Å²) in [6.07, 6.45) is -0.799. The number of hydrogen-bond donors (Lipinski definition) is 4. The van der Waals surface area contributed by atoms with Gasteiger partial charge in [0.05, 0.1) is 43.0 Å². The smallest absolute Gasteiger partial charge is 0.412 e. The molecule has 1 aromatic heterocycles. The number of nitrogen functional groups attached to an aromatic ring is 1. The number of oxime groups is 1. The fourth-order valence-corrected chi connectivity index (χ4v) is 2.85. The van der Waals surface area contributed by atoms with Crippen LogP contribution in [0.1, 0.15) is 17.3 Å². The topological polar surface area (TPSA) is 195 Å². The molecular formula is C20H25N7O7. The minimum atomic E-state index is -0.799. The highest BCUT2D eigenvalue weighted by molar-refractivity contribution is 5.93. The van der Waals surface area contributed by atoms with Crippen LogP contribution in [0.5, 0.6) is 0 Å². The molecule has 182 valence electrons. The average molecular weight is 475 g/mol. The lowest BCUT2D eigenvalue weighted by Gasteiger charge is -2.20. The number of nitro groups is 1. The molecule has 14 nitrogen and oxygen atoms in total. The maximum atomic E-state index is 11.6. The molecule has 0 aliphatic heterocycles. The van der Waals surface area contributed by atoms with Crippen LogP contribution in [0, 0.1) is 10.1 Å². The number of amides is 1. The number of anilines is 4. The van der Waals surface area contributed by atoms with Crippen molar-refractivity contribution in [2.75, 3.05) is 55.1 Å². The van der Waals surface area contributed by atoms with Gasteiger partial charge in [-0.15, -0.1) is 0 Å². The Hall–Kier alpha value is -4.62. The maximum absolute atomic E-state index is 11.6. The maximum Gasteiger partial charge on any atom is 0.412 e. The van der Waals surface area contributed by atoms with Crippen molar-refractivity contribution in [3.8, 4) is 0 Å². The third kappa shape index (κ3) is 6.69. The van der Waals surface area contributed by atoms with Gasteiger partial charge in [0.2, 0.25) is 5.82 Å². The number of nitrogens with zero attached hydrogens (tertiary/aromatic N) is 4. The van der Waals surface area contributed by atoms with Gasteiger partial charge < -0.3 is 30.6 Å². The van der Waals surface area contributed by atoms with Crippen molar-refractivity contribution in [3.63, 3.8) is 0 Å². The van der Waals surface area contributed by atoms with E-state index in [0.717, 1.165) is 6.07 Å². The summed E-state index contributed by atoms with van der Waals surface area (Å²) in [5, 5.41) is 29.2. The molecule has 0 bridgehead atoms. The van der Waals surface area contributed by atoms with Crippen molar-refractivity contribution in [1.82, 2.24) is 4.98 Å². The molecule has 1 aromatic carbocycles. The van der Waals surface area contributed by atoms with Crippen molar-refractivity contribution in [2.45, 2.75) is 6.92 Å². The van der Waals surface area contributed by atoms with Crippen LogP contribution in [0.2, 0.25) is 0 Å². The number of methoxy groups -OCH3 is 1. The summed E-state index contributed by atoms with van der Waals surface area (Å²) in [5.74, 6) is -0.763. The van der Waals surface area contributed by atoms with Gasteiger partial charge >= 0.3 is 17.7 Å². The number of nitrogens with two attached hydrogens (primary N) is 1. The van der Waals surface area contributed by atoms with Crippen molar-refractivity contribution >= 4 is 46.5 Å². The first kappa shape index (κ1) is 25.6. The molecule has 34 heavy (non-hydrogen) atoms. The van der Waals surface area contributed by atoms with Crippen LogP contribution in [0.25, 0.3) is 0 Å². The van der Waals surface area contributed by atoms with Crippen molar-refractivity contribution in [3.05, 3.63) is 46.0 Å². The van der Waals surface area contributed by atoms with Gasteiger partial charge in [-0.2, -0.15) is 0 Å². The first-order chi connectivity index (χ1) is 16.2. The number of nitrogens with one attached hydrogen (secondary N) is 2. The third-order valence-electron chi connectivity index (χ3n) is 4.46. The summed E-state index contributed by atoms with van der Waals surface area (Å²) < 4.78 is 9.43. The zero-order valence-electron chi connectivity index (χ0n) is 18.8. The Morgan fingerprint density at radius 3 is 2.56 bits per heavy atom. The molecule has 0 aliphatic rings. The summed E-state index contributed by atoms with van der Waals surface area (Å²) in [7, 11) is 3.01. The predicted molar refractivity (Wildman–Crippen MR) is 125 cm³/mol. The number of benzene rings is 1. The lowest BCUT2D eigenvalue weighted by molar-refractivity contribution is -0.383. The summed E-state index contributed by atoms with van der Waals surface area (Å²) >= 11 is 0. The zero-order chi connectivity index (χ0) is 25.3. The summed E-state index contributed by atoms with van der Waals surface area (Å²) in [5.41, 5.74) is 6.34. The number of carbonyl (C=O) groups excluding carboxylic acids is 2. The standard InChI is InChI=1S/C20H25N7O7/c1-4-34-20(29)24-16-9-15(21)17(27(31)32)18(23-16)22-10-13(25-30)11-26(2)14-7-5-12(6-8-14)19(28)33-3/h5-9,30H,4,10-11H2,1-3H3,(H4,21,22,23,24,29)/b25-13-. The Labute approximate surface area is 194 Å². The van der Waals surface area contributed by atoms with Crippen LogP contribution in [0.15, 0.2) is 35.5 Å². The molecule has 5 N–H and O–H groups in total. The molecule has 0 spiro atoms. The molecule has 1 amide bonds. The highest BCUT2D eigenvalue weighted by atomic mass is 16.6. The van der Waals surface area contributed by atoms with Gasteiger partial charge in [-0.3, -0.25) is 15.4 Å². The molecule has 2 rings (SSSR count). The molecule has 0 fully saturated rings. The van der Waals surface area contributed by atoms with E-state index in [1.165, 1.54) is 7.11 Å². The van der Waals surface area contributed by atoms with E-state index in [2.05, 4.69) is 25.5 Å². The second-order valence-electron chi connectivity index (χ2n) is 6.81. The van der Waals surface area contributed by atoms with Crippen molar-refractivity contribution in [1.29, 1.82) is 0 Å². The van der Waals surface area contributed by atoms with E-state index < -0.39 is 22.7 Å². The molecule has 0 saturated heterocycles. The number of carbonyl (C=O) groups is 2. The molecule has 0 aliphatic carbocycles. The van der Waals surface area contributed by atoms with Gasteiger partial charge in [-0.25, -0.2) is 14.6 Å². The first-order valence-corrected chi connectivity index (χ1v) is 9.92. The summed E-state index contributed by atoms with van der Waals surface area (Å²) in [6.45, 7) is 1.74. The number of hydrogen-bond acceptors (Lipinski definition) is 12. The SMILES string of the molecule is CCOC(=O)Nc1cc(N)c([N+](=O)[O-])c(NC/C(CN(C)c2ccc(C(=O)OC)cc2)=N/O)n1. The summed E-state index contributed by atoms with van der Waals surface area (Å²) in [6, 6.07) is 7.68. The van der Waals surface area contributed by atoms with E-state index in [4.69, 9.17) is 10.5 Å². The van der Waals surface area contributed by atoms with E-state index in [-0.39, 0.29) is 42.7 Å². The molecule has 0 atom stereocenters. The van der Waals surface area contributed by atoms with Gasteiger partial charge in [0.25, 0.3) is 0 Å². The number of pyridine rings is 1. The van der Waals surface area contributed by atoms with Crippen LogP contribution >= 0.6 is 0 Å². The highest BCUT2D eigenvalue weighted by Gasteiger charge is 2.23. The molecular weight excluding hydrogens is 450 g/mol. The van der Waals surface area contributed by atoms with E-state index in [0.29, 0.717) is 11.3 Å². The van der Waals surface area contributed by atoms with Gasteiger partial charge in [0.1, 0.15) is 11.5 Å². The zero-order valence-corrected chi connectivity index (χ0v) is 18.8. The molecule has 14 heteroatoms. The third-order valence-corrected chi connectivity index (χ3v) is 4.46. The number of aromatic nitrogens is 1. The normalized spacial score (nSPS) is 10.9. The fraction of sp³-hybridized carbons (Fsp3) is 0.300. The largest absolute Gasteiger partial charge is 0.465 e. The van der Waals surface area contributed by atoms with Crippen LogP contribution in [0.4, 0.5) is 33.5 Å². The van der Waals surface area contributed by atoms with E-state index in [1.807, 2.05) is 0 Å². The van der Waals surface area contributed by atoms with Gasteiger partial charge in [-0.1, -0.05) is 5.16 Å². The van der Waals surface area contributed by atoms with E-state index in [1.54, 1.807) is 43.1 Å². The van der Waals surface area contributed by atoms with Crippen LogP contribution < -0.4 is 21.3 Å². The monoisotopic (exact) mass is 475 g/mol. The molecule has 0 saturated carbocycles. The fourth-order valence-electron chi connectivity index (χ4n) is 2.85. The molecule has 0 radical (unpaired) electrons. The Morgan fingerprint density at radius 1 is 1.32 bits per heavy atom. The number of esters is 1. The second-order valence-corrected chi connectivity index (χ2v) is 6.81. The lowest BCUT2D eigenvalue weighted by Crippen LogP contribution is -2.30. The Bertz CT molecular complexity index is 1070. The van der Waals surface area contributed by atoms with Crippen LogP contribution in [-0.2, 0) is 9.47 Å². The first-order valence-electron chi connectivity index (χ1n) is 9.92. The molecule has 1 heterocycles. The highest BCUT2D eigenvalue weighted by Crippen LogP contribution is 2.31. The predicted octanol–water partition coefficient (Wildman–Crippen LogP) is 2.31. The minimum Gasteiger partial charge on any atom is -0.465 e. The van der Waals surface area contributed by atoms with Crippen LogP contribution in [0.3, 0.4) is 0 Å². The van der Waals surface area contributed by atoms with Gasteiger partial charge in [0, 0.05) is 18.8 Å². The quantitative estimate of drug-likeness (QED) is 0.129. The average Bonchev–Trinajstić information content (AvgIpc) is 2.80. The van der Waals surface area contributed by atoms with Crippen molar-refractivity contribution < 1.29 is 29.2 Å². The number of ether oxygens (including phenoxy) is 2. The Balaban J connectivity index is 2.14. The van der Waals surface area contributed by atoms with E-state index >= 15 is 0 Å². The lowest BCUT2D eigenvalue weighted by atomic mass is 10.2. The molecule has 0 unspecified atom stereocenters. The minimum absolute atomic E-state index is 0.0608. The van der Waals surface area contributed by atoms with Crippen molar-refractivity contribution in [2.24, 2.45) is 5.16 Å². The number of rotatable bonds is 10. The van der Waals surface area contributed by atoms with Gasteiger partial charge in [0.15, 0.2) is 0 Å². The molecule has 2 aromatic rings. The van der Waals surface area contributed by atoms with E-state index in [9.17, 15) is 24.9 Å². The van der Waals surface area contributed by atoms with Gasteiger partial charge in [-0.05, 0) is 31.2 Å².